The van der Waals surface area contributed by atoms with Gasteiger partial charge in [0.1, 0.15) is 11.6 Å². The summed E-state index contributed by atoms with van der Waals surface area (Å²) in [6, 6.07) is 7.76. The number of nitrogens with zero attached hydrogens (tertiary/aromatic N) is 2. The van der Waals surface area contributed by atoms with Crippen LogP contribution in [-0.2, 0) is 6.42 Å². The van der Waals surface area contributed by atoms with Crippen LogP contribution in [0, 0.1) is 6.92 Å². The van der Waals surface area contributed by atoms with E-state index in [0.29, 0.717) is 18.9 Å². The molecule has 1 aromatic heterocycles. The molecule has 0 atom stereocenters. The van der Waals surface area contributed by atoms with Crippen molar-refractivity contribution < 1.29 is 14.6 Å². The van der Waals surface area contributed by atoms with Crippen LogP contribution in [0.1, 0.15) is 21.7 Å². The Bertz CT molecular complexity index is 567. The minimum atomic E-state index is -1.03. The Morgan fingerprint density at radius 3 is 2.58 bits per heavy atom. The molecule has 0 amide bonds. The Kier molecular flexibility index (Phi) is 4.07. The van der Waals surface area contributed by atoms with E-state index >= 15 is 0 Å². The predicted molar refractivity (Wildman–Crippen MR) is 69.4 cm³/mol. The third-order valence-corrected chi connectivity index (χ3v) is 2.63. The molecule has 0 aliphatic rings. The highest BCUT2D eigenvalue weighted by Gasteiger charge is 2.04. The fourth-order valence-electron chi connectivity index (χ4n) is 1.56. The molecule has 5 heteroatoms. The van der Waals surface area contributed by atoms with Gasteiger partial charge >= 0.3 is 5.97 Å². The summed E-state index contributed by atoms with van der Waals surface area (Å²) in [4.78, 5) is 18.6. The first-order chi connectivity index (χ1) is 9.16. The Morgan fingerprint density at radius 1 is 1.26 bits per heavy atom. The van der Waals surface area contributed by atoms with Gasteiger partial charge in [0.15, 0.2) is 0 Å². The highest BCUT2D eigenvalue weighted by atomic mass is 16.5. The summed E-state index contributed by atoms with van der Waals surface area (Å²) in [5.74, 6) is 0.381. The van der Waals surface area contributed by atoms with E-state index in [0.717, 1.165) is 11.3 Å². The number of para-hydroxylation sites is 1. The first-order valence-corrected chi connectivity index (χ1v) is 5.89. The largest absolute Gasteiger partial charge is 0.493 e. The summed E-state index contributed by atoms with van der Waals surface area (Å²) in [5, 5.41) is 8.73. The van der Waals surface area contributed by atoms with E-state index in [1.54, 1.807) is 0 Å². The maximum Gasteiger partial charge on any atom is 0.338 e. The molecular formula is C14H14N2O3. The monoisotopic (exact) mass is 258 g/mol. The van der Waals surface area contributed by atoms with E-state index in [2.05, 4.69) is 9.97 Å². The van der Waals surface area contributed by atoms with Gasteiger partial charge in [0.25, 0.3) is 0 Å². The number of aromatic nitrogens is 2. The number of benzene rings is 1. The number of aromatic carboxylic acids is 1. The molecule has 98 valence electrons. The number of rotatable bonds is 5. The number of carbonyl (C=O) groups is 1. The summed E-state index contributed by atoms with van der Waals surface area (Å²) in [7, 11) is 0. The molecule has 0 saturated heterocycles. The van der Waals surface area contributed by atoms with Crippen LogP contribution in [0.4, 0.5) is 0 Å². The highest BCUT2D eigenvalue weighted by molar-refractivity contribution is 5.86. The Labute approximate surface area is 110 Å². The lowest BCUT2D eigenvalue weighted by Crippen LogP contribution is -2.07. The maximum absolute atomic E-state index is 10.6. The third-order valence-electron chi connectivity index (χ3n) is 2.63. The zero-order valence-electron chi connectivity index (χ0n) is 10.5. The number of hydrogen-bond donors (Lipinski definition) is 1. The fraction of sp³-hybridized carbons (Fsp3) is 0.214. The molecule has 5 nitrogen and oxygen atoms in total. The zero-order valence-corrected chi connectivity index (χ0v) is 10.5. The van der Waals surface area contributed by atoms with Crippen LogP contribution in [0.15, 0.2) is 36.7 Å². The molecule has 1 N–H and O–H groups in total. The summed E-state index contributed by atoms with van der Waals surface area (Å²) in [5.41, 5.74) is 1.16. The normalized spacial score (nSPS) is 10.2. The predicted octanol–water partition coefficient (Wildman–Crippen LogP) is 2.10. The van der Waals surface area contributed by atoms with Crippen molar-refractivity contribution in [1.29, 1.82) is 0 Å². The quantitative estimate of drug-likeness (QED) is 0.889. The average Bonchev–Trinajstić information content (AvgIpc) is 2.41. The molecule has 0 aliphatic heterocycles. The number of carboxylic acid groups (broad SMARTS) is 1. The molecule has 19 heavy (non-hydrogen) atoms. The van der Waals surface area contributed by atoms with Crippen molar-refractivity contribution in [3.63, 3.8) is 0 Å². The van der Waals surface area contributed by atoms with Crippen LogP contribution in [0.2, 0.25) is 0 Å². The van der Waals surface area contributed by atoms with Crippen molar-refractivity contribution in [3.8, 4) is 5.75 Å². The molecule has 2 aromatic rings. The first kappa shape index (κ1) is 13.0. The van der Waals surface area contributed by atoms with E-state index in [-0.39, 0.29) is 5.56 Å². The Hall–Kier alpha value is -2.43. The van der Waals surface area contributed by atoms with Gasteiger partial charge in [0.2, 0.25) is 0 Å². The van der Waals surface area contributed by atoms with Crippen LogP contribution in [0.5, 0.6) is 5.75 Å². The lowest BCUT2D eigenvalue weighted by Gasteiger charge is -2.07. The molecule has 0 saturated carbocycles. The van der Waals surface area contributed by atoms with Gasteiger partial charge in [-0.2, -0.15) is 0 Å². The minimum absolute atomic E-state index is 0.0866. The van der Waals surface area contributed by atoms with Gasteiger partial charge in [0.05, 0.1) is 12.2 Å². The average molecular weight is 258 g/mol. The summed E-state index contributed by atoms with van der Waals surface area (Å²) >= 11 is 0. The molecular weight excluding hydrogens is 244 g/mol. The third kappa shape index (κ3) is 3.51. The minimum Gasteiger partial charge on any atom is -0.493 e. The topological polar surface area (TPSA) is 72.3 Å². The van der Waals surface area contributed by atoms with Crippen molar-refractivity contribution in [2.45, 2.75) is 13.3 Å². The lowest BCUT2D eigenvalue weighted by molar-refractivity contribution is 0.0696. The second-order valence-electron chi connectivity index (χ2n) is 4.06. The molecule has 1 heterocycles. The molecule has 0 fully saturated rings. The van der Waals surface area contributed by atoms with E-state index < -0.39 is 5.97 Å². The summed E-state index contributed by atoms with van der Waals surface area (Å²) in [6.07, 6.45) is 3.14. The Balaban J connectivity index is 1.89. The molecule has 2 rings (SSSR count). The van der Waals surface area contributed by atoms with Crippen LogP contribution in [0.3, 0.4) is 0 Å². The van der Waals surface area contributed by atoms with E-state index in [4.69, 9.17) is 9.84 Å². The van der Waals surface area contributed by atoms with Crippen molar-refractivity contribution >= 4 is 5.97 Å². The van der Waals surface area contributed by atoms with Crippen LogP contribution in [0.25, 0.3) is 0 Å². The molecule has 1 aromatic carbocycles. The van der Waals surface area contributed by atoms with Crippen LogP contribution >= 0.6 is 0 Å². The first-order valence-electron chi connectivity index (χ1n) is 5.89. The van der Waals surface area contributed by atoms with Crippen molar-refractivity contribution in [2.75, 3.05) is 6.61 Å². The standard InChI is InChI=1S/C14H14N2O3/c1-10-4-2-3-5-12(10)19-7-6-13-15-8-11(9-16-13)14(17)18/h2-5,8-9H,6-7H2,1H3,(H,17,18). The van der Waals surface area contributed by atoms with Crippen LogP contribution in [-0.4, -0.2) is 27.7 Å². The number of carboxylic acids is 1. The fourth-order valence-corrected chi connectivity index (χ4v) is 1.56. The maximum atomic E-state index is 10.6. The molecule has 0 spiro atoms. The molecule has 0 radical (unpaired) electrons. The SMILES string of the molecule is Cc1ccccc1OCCc1ncc(C(=O)O)cn1. The van der Waals surface area contributed by atoms with Gasteiger partial charge in [-0.05, 0) is 18.6 Å². The number of ether oxygens (including phenoxy) is 1. The molecule has 0 unspecified atom stereocenters. The van der Waals surface area contributed by atoms with E-state index in [9.17, 15) is 4.79 Å². The highest BCUT2D eigenvalue weighted by Crippen LogP contribution is 2.16. The number of aryl methyl sites for hydroxylation is 1. The van der Waals surface area contributed by atoms with Gasteiger partial charge in [-0.25, -0.2) is 14.8 Å². The lowest BCUT2D eigenvalue weighted by atomic mass is 10.2. The summed E-state index contributed by atoms with van der Waals surface area (Å²) < 4.78 is 5.62. The van der Waals surface area contributed by atoms with Gasteiger partial charge in [-0.1, -0.05) is 18.2 Å². The molecule has 0 bridgehead atoms. The van der Waals surface area contributed by atoms with E-state index in [1.165, 1.54) is 12.4 Å². The second kappa shape index (κ2) is 5.95. The Morgan fingerprint density at radius 2 is 1.95 bits per heavy atom. The zero-order chi connectivity index (χ0) is 13.7. The van der Waals surface area contributed by atoms with Gasteiger partial charge < -0.3 is 9.84 Å². The van der Waals surface area contributed by atoms with Crippen molar-refractivity contribution in [2.24, 2.45) is 0 Å². The van der Waals surface area contributed by atoms with Crippen LogP contribution < -0.4 is 4.74 Å². The van der Waals surface area contributed by atoms with Crippen molar-refractivity contribution in [3.05, 3.63) is 53.6 Å². The number of hydrogen-bond acceptors (Lipinski definition) is 4. The van der Waals surface area contributed by atoms with Gasteiger partial charge in [-0.3, -0.25) is 0 Å². The van der Waals surface area contributed by atoms with E-state index in [1.807, 2.05) is 31.2 Å². The molecule has 0 aliphatic carbocycles. The van der Waals surface area contributed by atoms with Crippen molar-refractivity contribution in [1.82, 2.24) is 9.97 Å². The van der Waals surface area contributed by atoms with Gasteiger partial charge in [-0.15, -0.1) is 0 Å². The summed E-state index contributed by atoms with van der Waals surface area (Å²) in [6.45, 7) is 2.44. The smallest absolute Gasteiger partial charge is 0.338 e. The van der Waals surface area contributed by atoms with Gasteiger partial charge in [0, 0.05) is 18.8 Å². The second-order valence-corrected chi connectivity index (χ2v) is 4.06.